The van der Waals surface area contributed by atoms with E-state index in [4.69, 9.17) is 4.74 Å². The molecule has 1 saturated heterocycles. The van der Waals surface area contributed by atoms with Crippen molar-refractivity contribution in [2.24, 2.45) is 0 Å². The standard InChI is InChI=1S/C14H19NO2/c1-17-14(16)13(11-7-3-2-4-8-11)12-9-5-6-10-15-12/h2-4,7-8,12-13,15H,5-6,9-10H2,1H3/t12-,13?/m0/s1. The molecule has 3 nitrogen and oxygen atoms in total. The van der Waals surface area contributed by atoms with Gasteiger partial charge in [0, 0.05) is 6.04 Å². The second kappa shape index (κ2) is 5.82. The largest absolute Gasteiger partial charge is 0.469 e. The molecule has 1 aliphatic heterocycles. The minimum atomic E-state index is -0.179. The molecule has 2 rings (SSSR count). The number of piperidine rings is 1. The Morgan fingerprint density at radius 1 is 1.35 bits per heavy atom. The van der Waals surface area contributed by atoms with E-state index < -0.39 is 0 Å². The molecule has 1 fully saturated rings. The van der Waals surface area contributed by atoms with Crippen molar-refractivity contribution >= 4 is 5.97 Å². The number of ether oxygens (including phenoxy) is 1. The van der Waals surface area contributed by atoms with Gasteiger partial charge in [0.2, 0.25) is 0 Å². The second-order valence-electron chi connectivity index (χ2n) is 4.47. The smallest absolute Gasteiger partial charge is 0.314 e. The van der Waals surface area contributed by atoms with E-state index in [1.807, 2.05) is 30.3 Å². The Morgan fingerprint density at radius 3 is 2.71 bits per heavy atom. The molecule has 1 aromatic carbocycles. The lowest BCUT2D eigenvalue weighted by molar-refractivity contribution is -0.143. The van der Waals surface area contributed by atoms with Crippen molar-refractivity contribution in [1.82, 2.24) is 5.32 Å². The average Bonchev–Trinajstić information content (AvgIpc) is 2.41. The third-order valence-corrected chi connectivity index (χ3v) is 3.36. The van der Waals surface area contributed by atoms with E-state index in [1.165, 1.54) is 20.0 Å². The minimum absolute atomic E-state index is 0.143. The van der Waals surface area contributed by atoms with Crippen molar-refractivity contribution in [2.45, 2.75) is 31.2 Å². The van der Waals surface area contributed by atoms with Crippen LogP contribution in [-0.2, 0) is 9.53 Å². The van der Waals surface area contributed by atoms with Gasteiger partial charge in [0.05, 0.1) is 13.0 Å². The van der Waals surface area contributed by atoms with E-state index >= 15 is 0 Å². The number of hydrogen-bond donors (Lipinski definition) is 1. The first-order valence-electron chi connectivity index (χ1n) is 6.19. The maximum atomic E-state index is 11.9. The van der Waals surface area contributed by atoms with Gasteiger partial charge < -0.3 is 10.1 Å². The first-order chi connectivity index (χ1) is 8.33. The Bertz CT molecular complexity index is 358. The predicted molar refractivity (Wildman–Crippen MR) is 66.8 cm³/mol. The molecule has 0 amide bonds. The Morgan fingerprint density at radius 2 is 2.12 bits per heavy atom. The van der Waals surface area contributed by atoms with E-state index in [0.29, 0.717) is 0 Å². The third kappa shape index (κ3) is 2.86. The van der Waals surface area contributed by atoms with Gasteiger partial charge in [-0.15, -0.1) is 0 Å². The first kappa shape index (κ1) is 12.1. The van der Waals surface area contributed by atoms with Gasteiger partial charge in [-0.05, 0) is 24.9 Å². The molecule has 0 spiro atoms. The van der Waals surface area contributed by atoms with E-state index in [2.05, 4.69) is 5.32 Å². The van der Waals surface area contributed by atoms with Crippen LogP contribution in [0.15, 0.2) is 30.3 Å². The molecule has 1 N–H and O–H groups in total. The maximum absolute atomic E-state index is 11.9. The highest BCUT2D eigenvalue weighted by Gasteiger charge is 2.31. The molecule has 0 radical (unpaired) electrons. The zero-order valence-corrected chi connectivity index (χ0v) is 10.2. The topological polar surface area (TPSA) is 38.3 Å². The molecule has 1 aromatic rings. The number of hydrogen-bond acceptors (Lipinski definition) is 3. The summed E-state index contributed by atoms with van der Waals surface area (Å²) in [6.07, 6.45) is 3.41. The van der Waals surface area contributed by atoms with E-state index in [1.54, 1.807) is 0 Å². The highest BCUT2D eigenvalue weighted by Crippen LogP contribution is 2.26. The molecule has 1 heterocycles. The number of benzene rings is 1. The van der Waals surface area contributed by atoms with Gasteiger partial charge >= 0.3 is 5.97 Å². The Hall–Kier alpha value is -1.35. The molecular weight excluding hydrogens is 214 g/mol. The molecule has 3 heteroatoms. The summed E-state index contributed by atoms with van der Waals surface area (Å²) in [6.45, 7) is 0.991. The van der Waals surface area contributed by atoms with Crippen molar-refractivity contribution < 1.29 is 9.53 Å². The van der Waals surface area contributed by atoms with Crippen molar-refractivity contribution in [2.75, 3.05) is 13.7 Å². The Balaban J connectivity index is 2.21. The van der Waals surface area contributed by atoms with Crippen molar-refractivity contribution in [3.63, 3.8) is 0 Å². The highest BCUT2D eigenvalue weighted by molar-refractivity contribution is 5.79. The molecule has 0 aromatic heterocycles. The summed E-state index contributed by atoms with van der Waals surface area (Å²) in [5.41, 5.74) is 1.04. The summed E-state index contributed by atoms with van der Waals surface area (Å²) >= 11 is 0. The van der Waals surface area contributed by atoms with Crippen LogP contribution >= 0.6 is 0 Å². The van der Waals surface area contributed by atoms with Crippen LogP contribution in [0.3, 0.4) is 0 Å². The molecule has 0 saturated carbocycles. The molecule has 17 heavy (non-hydrogen) atoms. The number of carbonyl (C=O) groups excluding carboxylic acids is 1. The lowest BCUT2D eigenvalue weighted by Gasteiger charge is -2.29. The quantitative estimate of drug-likeness (QED) is 0.812. The zero-order valence-electron chi connectivity index (χ0n) is 10.2. The van der Waals surface area contributed by atoms with E-state index in [-0.39, 0.29) is 17.9 Å². The number of nitrogens with one attached hydrogen (secondary N) is 1. The number of methoxy groups -OCH3 is 1. The van der Waals surface area contributed by atoms with Gasteiger partial charge in [0.25, 0.3) is 0 Å². The summed E-state index contributed by atoms with van der Waals surface area (Å²) in [4.78, 5) is 11.9. The average molecular weight is 233 g/mol. The van der Waals surface area contributed by atoms with Crippen LogP contribution in [0.4, 0.5) is 0 Å². The maximum Gasteiger partial charge on any atom is 0.314 e. The summed E-state index contributed by atoms with van der Waals surface area (Å²) in [7, 11) is 1.46. The fraction of sp³-hybridized carbons (Fsp3) is 0.500. The molecule has 1 unspecified atom stereocenters. The summed E-state index contributed by atoms with van der Waals surface area (Å²) in [5.74, 6) is -0.322. The van der Waals surface area contributed by atoms with Crippen LogP contribution in [0.25, 0.3) is 0 Å². The summed E-state index contributed by atoms with van der Waals surface area (Å²) in [5, 5.41) is 3.43. The van der Waals surface area contributed by atoms with Gasteiger partial charge in [0.15, 0.2) is 0 Å². The molecule has 92 valence electrons. The van der Waals surface area contributed by atoms with Gasteiger partial charge in [0.1, 0.15) is 0 Å². The fourth-order valence-corrected chi connectivity index (χ4v) is 2.48. The van der Waals surface area contributed by atoms with E-state index in [9.17, 15) is 4.79 Å². The molecule has 1 aliphatic rings. The van der Waals surface area contributed by atoms with Crippen molar-refractivity contribution in [1.29, 1.82) is 0 Å². The molecule has 0 aliphatic carbocycles. The van der Waals surface area contributed by atoms with Crippen molar-refractivity contribution in [3.05, 3.63) is 35.9 Å². The van der Waals surface area contributed by atoms with Crippen LogP contribution in [0.5, 0.6) is 0 Å². The Kier molecular flexibility index (Phi) is 4.15. The fourth-order valence-electron chi connectivity index (χ4n) is 2.48. The SMILES string of the molecule is COC(=O)C(c1ccccc1)[C@@H]1CCCCN1. The van der Waals surface area contributed by atoms with Crippen LogP contribution in [-0.4, -0.2) is 25.7 Å². The molecule has 0 bridgehead atoms. The zero-order chi connectivity index (χ0) is 12.1. The summed E-state index contributed by atoms with van der Waals surface area (Å²) in [6, 6.07) is 10.1. The number of carbonyl (C=O) groups is 1. The van der Waals surface area contributed by atoms with Gasteiger partial charge in [-0.3, -0.25) is 4.79 Å². The monoisotopic (exact) mass is 233 g/mol. The third-order valence-electron chi connectivity index (χ3n) is 3.36. The van der Waals surface area contributed by atoms with Gasteiger partial charge in [-0.1, -0.05) is 36.8 Å². The Labute approximate surface area is 102 Å². The van der Waals surface area contributed by atoms with Crippen LogP contribution in [0, 0.1) is 0 Å². The second-order valence-corrected chi connectivity index (χ2v) is 4.47. The first-order valence-corrected chi connectivity index (χ1v) is 6.19. The van der Waals surface area contributed by atoms with E-state index in [0.717, 1.165) is 18.5 Å². The molecular formula is C14H19NO2. The number of esters is 1. The van der Waals surface area contributed by atoms with Crippen LogP contribution in [0.1, 0.15) is 30.7 Å². The van der Waals surface area contributed by atoms with Gasteiger partial charge in [-0.2, -0.15) is 0 Å². The predicted octanol–water partition coefficient (Wildman–Crippen LogP) is 2.09. The molecule has 2 atom stereocenters. The van der Waals surface area contributed by atoms with Crippen molar-refractivity contribution in [3.8, 4) is 0 Å². The normalized spacial score (nSPS) is 21.8. The van der Waals surface area contributed by atoms with Crippen LogP contribution in [0.2, 0.25) is 0 Å². The van der Waals surface area contributed by atoms with Crippen LogP contribution < -0.4 is 5.32 Å². The highest BCUT2D eigenvalue weighted by atomic mass is 16.5. The summed E-state index contributed by atoms with van der Waals surface area (Å²) < 4.78 is 4.94. The van der Waals surface area contributed by atoms with Gasteiger partial charge in [-0.25, -0.2) is 0 Å². The lowest BCUT2D eigenvalue weighted by Crippen LogP contribution is -2.42. The lowest BCUT2D eigenvalue weighted by atomic mass is 9.86. The minimum Gasteiger partial charge on any atom is -0.469 e. The number of rotatable bonds is 3.